The van der Waals surface area contributed by atoms with E-state index in [4.69, 9.17) is 4.74 Å². The summed E-state index contributed by atoms with van der Waals surface area (Å²) in [6.45, 7) is 2.74. The van der Waals surface area contributed by atoms with Gasteiger partial charge in [0.05, 0.1) is 18.8 Å². The number of para-hydroxylation sites is 1. The first kappa shape index (κ1) is 15.9. The average molecular weight is 308 g/mol. The van der Waals surface area contributed by atoms with E-state index in [0.717, 1.165) is 12.1 Å². The molecule has 0 bridgehead atoms. The normalized spacial score (nSPS) is 10.8. The number of thiophene rings is 1. The number of nitrogens with one attached hydrogen (secondary N) is 1. The molecule has 0 aliphatic rings. The van der Waals surface area contributed by atoms with Gasteiger partial charge in [0.25, 0.3) is 0 Å². The van der Waals surface area contributed by atoms with E-state index >= 15 is 0 Å². The Morgan fingerprint density at radius 3 is 2.86 bits per heavy atom. The monoisotopic (exact) mass is 308 g/mol. The Kier molecular flexibility index (Phi) is 6.17. The maximum Gasteiger partial charge on any atom is 0.146 e. The molecule has 1 aromatic heterocycles. The molecule has 0 atom stereocenters. The third kappa shape index (κ3) is 4.52. The summed E-state index contributed by atoms with van der Waals surface area (Å²) in [6, 6.07) is 9.31. The Morgan fingerprint density at radius 1 is 1.29 bits per heavy atom. The molecule has 114 valence electrons. The van der Waals surface area contributed by atoms with Gasteiger partial charge in [-0.3, -0.25) is 0 Å². The molecule has 21 heavy (non-hydrogen) atoms. The number of ether oxygens (including phenoxy) is 1. The van der Waals surface area contributed by atoms with Crippen LogP contribution in [0.25, 0.3) is 0 Å². The molecule has 0 saturated carbocycles. The van der Waals surface area contributed by atoms with Crippen LogP contribution in [0.1, 0.15) is 10.4 Å². The third-order valence-electron chi connectivity index (χ3n) is 3.22. The lowest BCUT2D eigenvalue weighted by Crippen LogP contribution is -2.23. The van der Waals surface area contributed by atoms with E-state index in [1.165, 1.54) is 10.9 Å². The topological polar surface area (TPSA) is 24.5 Å². The van der Waals surface area contributed by atoms with Crippen molar-refractivity contribution in [3.63, 3.8) is 0 Å². The number of halogens is 1. The molecule has 0 aliphatic carbocycles. The van der Waals surface area contributed by atoms with Crippen LogP contribution in [-0.4, -0.2) is 27.3 Å². The number of methoxy groups -OCH3 is 1. The van der Waals surface area contributed by atoms with Gasteiger partial charge in [0.2, 0.25) is 0 Å². The van der Waals surface area contributed by atoms with E-state index < -0.39 is 0 Å². The lowest BCUT2D eigenvalue weighted by atomic mass is 10.1. The predicted octanol–water partition coefficient (Wildman–Crippen LogP) is 3.26. The molecular weight excluding hydrogens is 287 g/mol. The Morgan fingerprint density at radius 2 is 2.14 bits per heavy atom. The maximum absolute atomic E-state index is 14.2. The Balaban J connectivity index is 2.09. The molecule has 1 aromatic carbocycles. The van der Waals surface area contributed by atoms with E-state index in [2.05, 4.69) is 11.4 Å². The number of rotatable bonds is 8. The Hall–Kier alpha value is -1.43. The SMILES string of the molecule is COCCNCc1cccc(F)c1N(C)Cc1cccs1. The van der Waals surface area contributed by atoms with Gasteiger partial charge < -0.3 is 15.0 Å². The van der Waals surface area contributed by atoms with E-state index in [0.29, 0.717) is 25.4 Å². The summed E-state index contributed by atoms with van der Waals surface area (Å²) in [5, 5.41) is 5.31. The molecule has 0 aliphatic heterocycles. The fourth-order valence-corrected chi connectivity index (χ4v) is 3.00. The number of benzene rings is 1. The van der Waals surface area contributed by atoms with Crippen molar-refractivity contribution in [2.45, 2.75) is 13.1 Å². The van der Waals surface area contributed by atoms with Crippen LogP contribution in [0.2, 0.25) is 0 Å². The minimum Gasteiger partial charge on any atom is -0.383 e. The predicted molar refractivity (Wildman–Crippen MR) is 86.4 cm³/mol. The zero-order chi connectivity index (χ0) is 15.1. The maximum atomic E-state index is 14.2. The van der Waals surface area contributed by atoms with Gasteiger partial charge in [-0.25, -0.2) is 4.39 Å². The van der Waals surface area contributed by atoms with E-state index in [-0.39, 0.29) is 5.82 Å². The second kappa shape index (κ2) is 8.12. The summed E-state index contributed by atoms with van der Waals surface area (Å²) in [6.07, 6.45) is 0. The molecule has 3 nitrogen and oxygen atoms in total. The lowest BCUT2D eigenvalue weighted by Gasteiger charge is -2.23. The molecule has 0 unspecified atom stereocenters. The van der Waals surface area contributed by atoms with Crippen LogP contribution < -0.4 is 10.2 Å². The van der Waals surface area contributed by atoms with Crippen molar-refractivity contribution in [3.05, 3.63) is 52.0 Å². The molecule has 2 aromatic rings. The van der Waals surface area contributed by atoms with Gasteiger partial charge in [0, 0.05) is 32.1 Å². The molecule has 1 heterocycles. The smallest absolute Gasteiger partial charge is 0.146 e. The molecule has 0 spiro atoms. The standard InChI is InChI=1S/C16H21FN2OS/c1-19(12-14-6-4-10-21-14)16-13(5-3-7-15(16)17)11-18-8-9-20-2/h3-7,10,18H,8-9,11-12H2,1-2H3. The van der Waals surface area contributed by atoms with Crippen molar-refractivity contribution < 1.29 is 9.13 Å². The first-order valence-electron chi connectivity index (χ1n) is 6.93. The van der Waals surface area contributed by atoms with Crippen molar-refractivity contribution in [1.82, 2.24) is 5.32 Å². The van der Waals surface area contributed by atoms with Crippen LogP contribution >= 0.6 is 11.3 Å². The highest BCUT2D eigenvalue weighted by atomic mass is 32.1. The minimum atomic E-state index is -0.180. The molecular formula is C16H21FN2OS. The summed E-state index contributed by atoms with van der Waals surface area (Å²) in [4.78, 5) is 3.19. The number of anilines is 1. The quantitative estimate of drug-likeness (QED) is 0.758. The van der Waals surface area contributed by atoms with Gasteiger partial charge in [-0.1, -0.05) is 18.2 Å². The summed E-state index contributed by atoms with van der Waals surface area (Å²) in [5.74, 6) is -0.180. The molecule has 2 rings (SSSR count). The summed E-state index contributed by atoms with van der Waals surface area (Å²) in [5.41, 5.74) is 1.63. The van der Waals surface area contributed by atoms with Crippen LogP contribution in [0.4, 0.5) is 10.1 Å². The van der Waals surface area contributed by atoms with Gasteiger partial charge in [-0.2, -0.15) is 0 Å². The molecule has 0 radical (unpaired) electrons. The highest BCUT2D eigenvalue weighted by Gasteiger charge is 2.13. The minimum absolute atomic E-state index is 0.180. The van der Waals surface area contributed by atoms with Crippen molar-refractivity contribution in [2.75, 3.05) is 32.2 Å². The van der Waals surface area contributed by atoms with Crippen molar-refractivity contribution in [2.24, 2.45) is 0 Å². The number of hydrogen-bond acceptors (Lipinski definition) is 4. The lowest BCUT2D eigenvalue weighted by molar-refractivity contribution is 0.199. The van der Waals surface area contributed by atoms with Crippen LogP contribution in [0.3, 0.4) is 0 Å². The van der Waals surface area contributed by atoms with Gasteiger partial charge in [-0.05, 0) is 23.1 Å². The van der Waals surface area contributed by atoms with Crippen molar-refractivity contribution in [1.29, 1.82) is 0 Å². The van der Waals surface area contributed by atoms with E-state index in [9.17, 15) is 4.39 Å². The first-order chi connectivity index (χ1) is 10.2. The summed E-state index contributed by atoms with van der Waals surface area (Å²) < 4.78 is 19.2. The van der Waals surface area contributed by atoms with Gasteiger partial charge >= 0.3 is 0 Å². The Bertz CT molecular complexity index is 545. The second-order valence-electron chi connectivity index (χ2n) is 4.85. The third-order valence-corrected chi connectivity index (χ3v) is 4.08. The van der Waals surface area contributed by atoms with E-state index in [1.54, 1.807) is 24.5 Å². The van der Waals surface area contributed by atoms with Crippen LogP contribution in [-0.2, 0) is 17.8 Å². The van der Waals surface area contributed by atoms with Gasteiger partial charge in [-0.15, -0.1) is 11.3 Å². The summed E-state index contributed by atoms with van der Waals surface area (Å²) in [7, 11) is 3.60. The molecule has 5 heteroatoms. The highest BCUT2D eigenvalue weighted by Crippen LogP contribution is 2.25. The van der Waals surface area contributed by atoms with Crippen molar-refractivity contribution in [3.8, 4) is 0 Å². The van der Waals surface area contributed by atoms with E-state index in [1.807, 2.05) is 29.5 Å². The average Bonchev–Trinajstić information content (AvgIpc) is 2.96. The molecule has 0 saturated heterocycles. The largest absolute Gasteiger partial charge is 0.383 e. The van der Waals surface area contributed by atoms with Crippen molar-refractivity contribution >= 4 is 17.0 Å². The number of nitrogens with zero attached hydrogens (tertiary/aromatic N) is 1. The number of hydrogen-bond donors (Lipinski definition) is 1. The molecule has 0 amide bonds. The fraction of sp³-hybridized carbons (Fsp3) is 0.375. The summed E-state index contributed by atoms with van der Waals surface area (Å²) >= 11 is 1.69. The highest BCUT2D eigenvalue weighted by molar-refractivity contribution is 7.09. The zero-order valence-electron chi connectivity index (χ0n) is 12.4. The second-order valence-corrected chi connectivity index (χ2v) is 5.88. The first-order valence-corrected chi connectivity index (χ1v) is 7.81. The zero-order valence-corrected chi connectivity index (χ0v) is 13.3. The van der Waals surface area contributed by atoms with Gasteiger partial charge in [0.1, 0.15) is 5.82 Å². The van der Waals surface area contributed by atoms with Crippen LogP contribution in [0.15, 0.2) is 35.7 Å². The molecule has 0 fully saturated rings. The van der Waals surface area contributed by atoms with Crippen LogP contribution in [0, 0.1) is 5.82 Å². The Labute approximate surface area is 129 Å². The van der Waals surface area contributed by atoms with Crippen LogP contribution in [0.5, 0.6) is 0 Å². The molecule has 1 N–H and O–H groups in total. The van der Waals surface area contributed by atoms with Gasteiger partial charge in [0.15, 0.2) is 0 Å². The fourth-order valence-electron chi connectivity index (χ4n) is 2.24.